The molecule has 0 atom stereocenters. The van der Waals surface area contributed by atoms with Gasteiger partial charge in [0.15, 0.2) is 24.8 Å². The van der Waals surface area contributed by atoms with Gasteiger partial charge in [0.1, 0.15) is 5.75 Å². The average Bonchev–Trinajstić information content (AvgIpc) is 2.85. The van der Waals surface area contributed by atoms with Crippen LogP contribution < -0.4 is 4.74 Å². The Morgan fingerprint density at radius 1 is 0.722 bits per heavy atom. The van der Waals surface area contributed by atoms with Gasteiger partial charge in [-0.25, -0.2) is 8.42 Å². The zero-order valence-corrected chi connectivity index (χ0v) is 21.7. The van der Waals surface area contributed by atoms with Gasteiger partial charge >= 0.3 is 5.51 Å². The van der Waals surface area contributed by atoms with Crippen molar-refractivity contribution in [1.29, 1.82) is 0 Å². The van der Waals surface area contributed by atoms with Crippen molar-refractivity contribution in [2.75, 3.05) is 6.61 Å². The van der Waals surface area contributed by atoms with Gasteiger partial charge in [-0.05, 0) is 55.0 Å². The second kappa shape index (κ2) is 14.9. The molecule has 0 bridgehead atoms. The molecule has 9 heteroatoms. The van der Waals surface area contributed by atoms with Crippen LogP contribution in [-0.2, 0) is 21.0 Å². The number of rotatable bonds is 11. The molecule has 36 heavy (non-hydrogen) atoms. The molecule has 0 radical (unpaired) electrons. The number of ether oxygens (including phenoxy) is 1. The molecule has 3 aromatic rings. The van der Waals surface area contributed by atoms with Gasteiger partial charge in [-0.1, -0.05) is 75.4 Å². The van der Waals surface area contributed by atoms with Crippen LogP contribution in [0.3, 0.4) is 0 Å². The molecule has 0 unspecified atom stereocenters. The van der Waals surface area contributed by atoms with E-state index in [9.17, 15) is 13.2 Å². The number of alkyl halides is 3. The highest BCUT2D eigenvalue weighted by Gasteiger charge is 2.37. The molecule has 0 spiro atoms. The van der Waals surface area contributed by atoms with Gasteiger partial charge in [-0.2, -0.15) is 13.2 Å². The van der Waals surface area contributed by atoms with E-state index in [1.54, 1.807) is 0 Å². The predicted molar refractivity (Wildman–Crippen MR) is 136 cm³/mol. The molecule has 0 heterocycles. The molecule has 196 valence electrons. The largest absolute Gasteiger partial charge is 0.741 e. The Labute approximate surface area is 214 Å². The minimum atomic E-state index is -6.09. The summed E-state index contributed by atoms with van der Waals surface area (Å²) in [6.07, 6.45) is 7.75. The molecular weight excluding hydrogens is 509 g/mol. The van der Waals surface area contributed by atoms with E-state index in [1.165, 1.54) is 46.8 Å². The summed E-state index contributed by atoms with van der Waals surface area (Å²) in [7, 11) is -6.18. The van der Waals surface area contributed by atoms with Crippen LogP contribution in [0, 0.1) is 0 Å². The molecule has 0 fully saturated rings. The monoisotopic (exact) mass is 540 g/mol. The van der Waals surface area contributed by atoms with Gasteiger partial charge in [0.25, 0.3) is 0 Å². The number of hydrogen-bond acceptors (Lipinski definition) is 4. The minimum Gasteiger partial charge on any atom is -0.741 e. The van der Waals surface area contributed by atoms with E-state index in [2.05, 4.69) is 91.9 Å². The molecule has 0 saturated heterocycles. The summed E-state index contributed by atoms with van der Waals surface area (Å²) in [5, 5.41) is 0. The molecule has 0 aliphatic rings. The van der Waals surface area contributed by atoms with Gasteiger partial charge in [0.05, 0.1) is 17.5 Å². The molecule has 0 amide bonds. The Bertz CT molecular complexity index is 1070. The van der Waals surface area contributed by atoms with Gasteiger partial charge in [0.2, 0.25) is 0 Å². The Balaban J connectivity index is 0.000000493. The third kappa shape index (κ3) is 10.2. The highest BCUT2D eigenvalue weighted by molar-refractivity contribution is 7.97. The van der Waals surface area contributed by atoms with Crippen molar-refractivity contribution in [2.45, 2.75) is 65.6 Å². The molecule has 0 N–H and O–H groups in total. The van der Waals surface area contributed by atoms with E-state index in [4.69, 9.17) is 17.7 Å². The molecule has 3 aromatic carbocycles. The second-order valence-electron chi connectivity index (χ2n) is 7.92. The van der Waals surface area contributed by atoms with Crippen molar-refractivity contribution >= 4 is 21.0 Å². The van der Waals surface area contributed by atoms with Crippen LogP contribution in [-0.4, -0.2) is 25.1 Å². The maximum atomic E-state index is 10.7. The average molecular weight is 541 g/mol. The summed E-state index contributed by atoms with van der Waals surface area (Å²) in [5.41, 5.74) is -5.65. The highest BCUT2D eigenvalue weighted by atomic mass is 32.2. The van der Waals surface area contributed by atoms with Crippen molar-refractivity contribution in [1.82, 2.24) is 0 Å². The lowest BCUT2D eigenvalue weighted by Crippen LogP contribution is -2.21. The summed E-state index contributed by atoms with van der Waals surface area (Å²) in [4.78, 5) is 4.01. The molecule has 0 aliphatic heterocycles. The van der Waals surface area contributed by atoms with Gasteiger partial charge in [-0.15, -0.1) is 0 Å². The zero-order valence-electron chi connectivity index (χ0n) is 20.1. The Hall–Kier alpha value is -2.49. The number of halogens is 3. The summed E-state index contributed by atoms with van der Waals surface area (Å²) in [5.74, 6) is 0.974. The summed E-state index contributed by atoms with van der Waals surface area (Å²) in [6, 6.07) is 30.2. The first-order valence-corrected chi connectivity index (χ1v) is 14.4. The fraction of sp³-hybridized carbons (Fsp3) is 0.333. The first-order valence-electron chi connectivity index (χ1n) is 11.7. The Morgan fingerprint density at radius 2 is 1.14 bits per heavy atom. The number of unbranched alkanes of at least 4 members (excludes halogenated alkanes) is 5. The summed E-state index contributed by atoms with van der Waals surface area (Å²) in [6.45, 7) is 3.07. The van der Waals surface area contributed by atoms with E-state index in [0.29, 0.717) is 0 Å². The van der Waals surface area contributed by atoms with Gasteiger partial charge < -0.3 is 9.29 Å². The third-order valence-electron chi connectivity index (χ3n) is 5.07. The fourth-order valence-corrected chi connectivity index (χ4v) is 5.35. The smallest absolute Gasteiger partial charge is 0.485 e. The molecule has 0 aromatic heterocycles. The normalized spacial score (nSPS) is 11.6. The van der Waals surface area contributed by atoms with Crippen molar-refractivity contribution in [3.05, 3.63) is 84.9 Å². The molecular formula is C27H31F3O4S2. The zero-order chi connectivity index (χ0) is 26.4. The SMILES string of the molecule is CCCCCCCCOc1ccc([S+](c2ccccc2)c2ccccc2)cc1.O=S(=O)([O-])C(F)(F)F. The van der Waals surface area contributed by atoms with Crippen molar-refractivity contribution in [3.63, 3.8) is 0 Å². The topological polar surface area (TPSA) is 66.4 Å². The van der Waals surface area contributed by atoms with Crippen LogP contribution >= 0.6 is 0 Å². The number of hydrogen-bond donors (Lipinski definition) is 0. The van der Waals surface area contributed by atoms with Crippen molar-refractivity contribution in [3.8, 4) is 5.75 Å². The van der Waals surface area contributed by atoms with Gasteiger partial charge in [-0.3, -0.25) is 0 Å². The van der Waals surface area contributed by atoms with Crippen LogP contribution in [0.15, 0.2) is 99.6 Å². The lowest BCUT2D eigenvalue weighted by Gasteiger charge is -2.09. The quantitative estimate of drug-likeness (QED) is 0.109. The highest BCUT2D eigenvalue weighted by Crippen LogP contribution is 2.32. The molecule has 4 nitrogen and oxygen atoms in total. The van der Waals surface area contributed by atoms with E-state index < -0.39 is 15.6 Å². The van der Waals surface area contributed by atoms with E-state index in [0.717, 1.165) is 18.8 Å². The first kappa shape index (κ1) is 29.7. The Kier molecular flexibility index (Phi) is 12.3. The number of benzene rings is 3. The van der Waals surface area contributed by atoms with Crippen LogP contribution in [0.2, 0.25) is 0 Å². The summed E-state index contributed by atoms with van der Waals surface area (Å²) >= 11 is 0. The maximum absolute atomic E-state index is 10.7. The van der Waals surface area contributed by atoms with Crippen LogP contribution in [0.25, 0.3) is 0 Å². The van der Waals surface area contributed by atoms with E-state index >= 15 is 0 Å². The second-order valence-corrected chi connectivity index (χ2v) is 11.3. The first-order chi connectivity index (χ1) is 17.1. The Morgan fingerprint density at radius 3 is 1.58 bits per heavy atom. The fourth-order valence-electron chi connectivity index (χ4n) is 3.27. The predicted octanol–water partition coefficient (Wildman–Crippen LogP) is 7.57. The molecule has 3 rings (SSSR count). The van der Waals surface area contributed by atoms with E-state index in [1.807, 2.05) is 0 Å². The minimum absolute atomic E-state index is 0.0906. The maximum Gasteiger partial charge on any atom is 0.485 e. The van der Waals surface area contributed by atoms with Crippen LogP contribution in [0.4, 0.5) is 13.2 Å². The van der Waals surface area contributed by atoms with Crippen LogP contribution in [0.1, 0.15) is 45.4 Å². The third-order valence-corrected chi connectivity index (χ3v) is 7.86. The van der Waals surface area contributed by atoms with Gasteiger partial charge in [0, 0.05) is 0 Å². The molecule has 0 saturated carbocycles. The summed E-state index contributed by atoms with van der Waals surface area (Å²) < 4.78 is 64.9. The van der Waals surface area contributed by atoms with Crippen LogP contribution in [0.5, 0.6) is 5.75 Å². The molecule has 0 aliphatic carbocycles. The van der Waals surface area contributed by atoms with Crippen molar-refractivity contribution < 1.29 is 30.9 Å². The lowest BCUT2D eigenvalue weighted by atomic mass is 10.1. The standard InChI is InChI=1S/C26H31OS.CHF3O3S/c1-2-3-4-5-6-13-22-27-23-18-20-26(21-19-23)28(24-14-9-7-10-15-24)25-16-11-8-12-17-25;2-1(3,4)8(5,6)7/h7-12,14-21H,2-6,13,22H2,1H3;(H,5,6,7)/q+1;/p-1. The van der Waals surface area contributed by atoms with Crippen molar-refractivity contribution in [2.24, 2.45) is 0 Å². The lowest BCUT2D eigenvalue weighted by molar-refractivity contribution is -0.0517. The van der Waals surface area contributed by atoms with E-state index in [-0.39, 0.29) is 10.9 Å².